The molecule has 1 amide bonds. The zero-order valence-corrected chi connectivity index (χ0v) is 17.5. The van der Waals surface area contributed by atoms with Crippen LogP contribution in [0, 0.1) is 0 Å². The second-order valence-corrected chi connectivity index (χ2v) is 6.56. The highest BCUT2D eigenvalue weighted by molar-refractivity contribution is 9.10. The third kappa shape index (κ3) is 6.13. The summed E-state index contributed by atoms with van der Waals surface area (Å²) in [6.07, 6.45) is 4.13. The maximum atomic E-state index is 12.3. The summed E-state index contributed by atoms with van der Waals surface area (Å²) in [7, 11) is 1.52. The smallest absolute Gasteiger partial charge is 0.271 e. The van der Waals surface area contributed by atoms with Gasteiger partial charge in [-0.05, 0) is 64.3 Å². The fourth-order valence-electron chi connectivity index (χ4n) is 2.23. The Bertz CT molecular complexity index is 852. The number of carbonyl (C=O) groups is 1. The Morgan fingerprint density at radius 3 is 2.64 bits per heavy atom. The lowest BCUT2D eigenvalue weighted by atomic mass is 10.2. The predicted molar refractivity (Wildman–Crippen MR) is 114 cm³/mol. The lowest BCUT2D eigenvalue weighted by Gasteiger charge is -2.10. The molecule has 0 unspecified atom stereocenters. The van der Waals surface area contributed by atoms with Crippen molar-refractivity contribution in [1.82, 2.24) is 5.43 Å². The molecular formula is C21H23BrN2O4. The normalized spacial score (nSPS) is 10.5. The maximum absolute atomic E-state index is 12.3. The van der Waals surface area contributed by atoms with Crippen molar-refractivity contribution in [2.24, 2.45) is 5.10 Å². The van der Waals surface area contributed by atoms with Crippen LogP contribution in [-0.4, -0.2) is 32.4 Å². The molecule has 6 nitrogen and oxygen atoms in total. The summed E-state index contributed by atoms with van der Waals surface area (Å²) in [5.74, 6) is 1.42. The summed E-state index contributed by atoms with van der Waals surface area (Å²) in [5.41, 5.74) is 3.73. The number of nitrogens with zero attached hydrogens (tertiary/aromatic N) is 1. The predicted octanol–water partition coefficient (Wildman–Crippen LogP) is 4.58. The van der Waals surface area contributed by atoms with E-state index in [2.05, 4.69) is 40.0 Å². The lowest BCUT2D eigenvalue weighted by Crippen LogP contribution is -2.17. The van der Waals surface area contributed by atoms with Gasteiger partial charge in [-0.3, -0.25) is 4.79 Å². The molecule has 0 aliphatic carbocycles. The van der Waals surface area contributed by atoms with Gasteiger partial charge in [0.05, 0.1) is 24.4 Å². The third-order valence-electron chi connectivity index (χ3n) is 3.58. The SMILES string of the molecule is C=CCOc1ccc(C(=O)N/N=C/c2ccc(OCCC)c(Br)c2)cc1OC. The molecule has 0 bridgehead atoms. The van der Waals surface area contributed by atoms with Gasteiger partial charge in [-0.1, -0.05) is 19.6 Å². The van der Waals surface area contributed by atoms with Crippen LogP contribution in [0.4, 0.5) is 0 Å². The molecule has 28 heavy (non-hydrogen) atoms. The van der Waals surface area contributed by atoms with Gasteiger partial charge in [-0.15, -0.1) is 0 Å². The van der Waals surface area contributed by atoms with E-state index in [4.69, 9.17) is 14.2 Å². The maximum Gasteiger partial charge on any atom is 0.271 e. The van der Waals surface area contributed by atoms with Crippen molar-refractivity contribution in [2.75, 3.05) is 20.3 Å². The number of ether oxygens (including phenoxy) is 3. The van der Waals surface area contributed by atoms with Gasteiger partial charge in [0, 0.05) is 5.56 Å². The van der Waals surface area contributed by atoms with Crippen molar-refractivity contribution in [3.8, 4) is 17.2 Å². The molecule has 2 aromatic carbocycles. The second kappa shape index (κ2) is 11.1. The van der Waals surface area contributed by atoms with Gasteiger partial charge in [-0.25, -0.2) is 5.43 Å². The summed E-state index contributed by atoms with van der Waals surface area (Å²) in [4.78, 5) is 12.3. The molecule has 0 aliphatic rings. The quantitative estimate of drug-likeness (QED) is 0.329. The van der Waals surface area contributed by atoms with E-state index in [1.54, 1.807) is 30.5 Å². The number of nitrogens with one attached hydrogen (secondary N) is 1. The zero-order valence-electron chi connectivity index (χ0n) is 15.9. The molecule has 0 fully saturated rings. The molecule has 0 spiro atoms. The van der Waals surface area contributed by atoms with Crippen molar-refractivity contribution in [2.45, 2.75) is 13.3 Å². The van der Waals surface area contributed by atoms with Crippen LogP contribution >= 0.6 is 15.9 Å². The van der Waals surface area contributed by atoms with E-state index in [9.17, 15) is 4.79 Å². The van der Waals surface area contributed by atoms with Gasteiger partial charge < -0.3 is 14.2 Å². The van der Waals surface area contributed by atoms with E-state index in [1.807, 2.05) is 18.2 Å². The minimum atomic E-state index is -0.355. The van der Waals surface area contributed by atoms with Gasteiger partial charge in [-0.2, -0.15) is 5.10 Å². The first-order valence-corrected chi connectivity index (χ1v) is 9.55. The standard InChI is InChI=1S/C21H23BrN2O4/c1-4-10-27-18-8-6-15(12-17(18)22)14-23-24-21(25)16-7-9-19(28-11-5-2)20(13-16)26-3/h5-9,12-14H,2,4,10-11H2,1,3H3,(H,24,25)/b23-14+. The number of hydrazone groups is 1. The Labute approximate surface area is 173 Å². The first kappa shape index (κ1) is 21.5. The van der Waals surface area contributed by atoms with Crippen molar-refractivity contribution < 1.29 is 19.0 Å². The van der Waals surface area contributed by atoms with Crippen LogP contribution in [0.1, 0.15) is 29.3 Å². The molecular weight excluding hydrogens is 424 g/mol. The topological polar surface area (TPSA) is 69.2 Å². The van der Waals surface area contributed by atoms with Crippen LogP contribution in [-0.2, 0) is 0 Å². The molecule has 0 saturated heterocycles. The Morgan fingerprint density at radius 2 is 1.96 bits per heavy atom. The fraction of sp³-hybridized carbons (Fsp3) is 0.238. The number of amides is 1. The van der Waals surface area contributed by atoms with Crippen LogP contribution in [0.5, 0.6) is 17.2 Å². The van der Waals surface area contributed by atoms with Crippen LogP contribution in [0.3, 0.4) is 0 Å². The molecule has 0 aliphatic heterocycles. The average Bonchev–Trinajstić information content (AvgIpc) is 2.71. The first-order valence-electron chi connectivity index (χ1n) is 8.76. The Hall–Kier alpha value is -2.80. The number of benzene rings is 2. The number of carbonyl (C=O) groups excluding carboxylic acids is 1. The van der Waals surface area contributed by atoms with E-state index < -0.39 is 0 Å². The minimum absolute atomic E-state index is 0.351. The third-order valence-corrected chi connectivity index (χ3v) is 4.20. The van der Waals surface area contributed by atoms with Crippen LogP contribution in [0.2, 0.25) is 0 Å². The van der Waals surface area contributed by atoms with Gasteiger partial charge in [0.1, 0.15) is 12.4 Å². The molecule has 7 heteroatoms. The van der Waals surface area contributed by atoms with E-state index in [0.29, 0.717) is 30.3 Å². The Morgan fingerprint density at radius 1 is 1.18 bits per heavy atom. The number of hydrogen-bond acceptors (Lipinski definition) is 5. The van der Waals surface area contributed by atoms with Gasteiger partial charge in [0.25, 0.3) is 5.91 Å². The molecule has 2 aromatic rings. The largest absolute Gasteiger partial charge is 0.493 e. The molecule has 0 heterocycles. The molecule has 0 aromatic heterocycles. The van der Waals surface area contributed by atoms with Gasteiger partial charge in [0.2, 0.25) is 0 Å². The molecule has 1 N–H and O–H groups in total. The van der Waals surface area contributed by atoms with Crippen LogP contribution in [0.15, 0.2) is 58.6 Å². The van der Waals surface area contributed by atoms with Crippen LogP contribution < -0.4 is 19.6 Å². The van der Waals surface area contributed by atoms with E-state index in [-0.39, 0.29) is 5.91 Å². The van der Waals surface area contributed by atoms with Crippen molar-refractivity contribution in [3.63, 3.8) is 0 Å². The Kier molecular flexibility index (Phi) is 8.55. The van der Waals surface area contributed by atoms with Crippen molar-refractivity contribution >= 4 is 28.1 Å². The lowest BCUT2D eigenvalue weighted by molar-refractivity contribution is 0.0954. The van der Waals surface area contributed by atoms with E-state index in [0.717, 1.165) is 22.2 Å². The number of methoxy groups -OCH3 is 1. The highest BCUT2D eigenvalue weighted by atomic mass is 79.9. The van der Waals surface area contributed by atoms with Crippen molar-refractivity contribution in [3.05, 3.63) is 64.7 Å². The highest BCUT2D eigenvalue weighted by Crippen LogP contribution is 2.28. The average molecular weight is 447 g/mol. The zero-order chi connectivity index (χ0) is 20.4. The molecule has 0 radical (unpaired) electrons. The van der Waals surface area contributed by atoms with Crippen molar-refractivity contribution in [1.29, 1.82) is 0 Å². The number of hydrogen-bond donors (Lipinski definition) is 1. The number of rotatable bonds is 10. The highest BCUT2D eigenvalue weighted by Gasteiger charge is 2.10. The summed E-state index contributed by atoms with van der Waals surface area (Å²) in [5, 5.41) is 4.01. The summed E-state index contributed by atoms with van der Waals surface area (Å²) in [6, 6.07) is 10.5. The van der Waals surface area contributed by atoms with Gasteiger partial charge >= 0.3 is 0 Å². The summed E-state index contributed by atoms with van der Waals surface area (Å²) in [6.45, 7) is 6.66. The monoisotopic (exact) mass is 446 g/mol. The number of halogens is 1. The second-order valence-electron chi connectivity index (χ2n) is 5.70. The van der Waals surface area contributed by atoms with Crippen LogP contribution in [0.25, 0.3) is 0 Å². The Balaban J connectivity index is 2.01. The molecule has 2 rings (SSSR count). The minimum Gasteiger partial charge on any atom is -0.493 e. The van der Waals surface area contributed by atoms with Gasteiger partial charge in [0.15, 0.2) is 11.5 Å². The molecule has 0 saturated carbocycles. The molecule has 0 atom stereocenters. The van der Waals surface area contributed by atoms with E-state index in [1.165, 1.54) is 7.11 Å². The first-order chi connectivity index (χ1) is 13.6. The summed E-state index contributed by atoms with van der Waals surface area (Å²) >= 11 is 3.47. The summed E-state index contributed by atoms with van der Waals surface area (Å²) < 4.78 is 17.2. The fourth-order valence-corrected chi connectivity index (χ4v) is 2.74. The molecule has 148 valence electrons. The van der Waals surface area contributed by atoms with E-state index >= 15 is 0 Å².